The Bertz CT molecular complexity index is 849. The van der Waals surface area contributed by atoms with Crippen molar-refractivity contribution in [2.24, 2.45) is 5.73 Å². The number of halogens is 1. The maximum atomic E-state index is 12.5. The van der Waals surface area contributed by atoms with Gasteiger partial charge >= 0.3 is 0 Å². The summed E-state index contributed by atoms with van der Waals surface area (Å²) in [6.45, 7) is 6.08. The number of aryl methyl sites for hydroxylation is 1. The summed E-state index contributed by atoms with van der Waals surface area (Å²) in [6, 6.07) is 13.5. The third kappa shape index (κ3) is 5.59. The smallest absolute Gasteiger partial charge is 0.248 e. The van der Waals surface area contributed by atoms with Gasteiger partial charge in [0.2, 0.25) is 11.8 Å². The van der Waals surface area contributed by atoms with Crippen LogP contribution >= 0.6 is 27.7 Å². The van der Waals surface area contributed by atoms with E-state index in [0.29, 0.717) is 11.3 Å². The Morgan fingerprint density at radius 3 is 2.36 bits per heavy atom. The third-order valence-electron chi connectivity index (χ3n) is 4.86. The highest BCUT2D eigenvalue weighted by molar-refractivity contribution is 9.10. The van der Waals surface area contributed by atoms with Gasteiger partial charge in [-0.25, -0.2) is 0 Å². The van der Waals surface area contributed by atoms with Crippen LogP contribution in [0.25, 0.3) is 0 Å². The normalized spacial score (nSPS) is 14.9. The van der Waals surface area contributed by atoms with Crippen LogP contribution in [0.1, 0.15) is 21.5 Å². The second kappa shape index (κ2) is 9.58. The van der Waals surface area contributed by atoms with Gasteiger partial charge in [0.15, 0.2) is 0 Å². The molecule has 0 radical (unpaired) electrons. The van der Waals surface area contributed by atoms with E-state index in [1.54, 1.807) is 23.9 Å². The summed E-state index contributed by atoms with van der Waals surface area (Å²) in [5.74, 6) is 0.254. The van der Waals surface area contributed by atoms with Crippen molar-refractivity contribution in [1.82, 2.24) is 9.80 Å². The largest absolute Gasteiger partial charge is 0.366 e. The van der Waals surface area contributed by atoms with Gasteiger partial charge in [0.05, 0.1) is 5.75 Å². The molecule has 0 aliphatic carbocycles. The van der Waals surface area contributed by atoms with Crippen LogP contribution in [0.15, 0.2) is 51.8 Å². The van der Waals surface area contributed by atoms with Gasteiger partial charge in [0.1, 0.15) is 0 Å². The molecule has 2 N–H and O–H groups in total. The van der Waals surface area contributed by atoms with E-state index in [0.717, 1.165) is 47.7 Å². The van der Waals surface area contributed by atoms with Crippen LogP contribution in [-0.2, 0) is 11.3 Å². The highest BCUT2D eigenvalue weighted by atomic mass is 79.9. The van der Waals surface area contributed by atoms with Crippen LogP contribution in [0.3, 0.4) is 0 Å². The van der Waals surface area contributed by atoms with Crippen molar-refractivity contribution in [2.45, 2.75) is 18.4 Å². The van der Waals surface area contributed by atoms with Gasteiger partial charge in [-0.1, -0.05) is 28.1 Å². The van der Waals surface area contributed by atoms with Gasteiger partial charge in [-0.3, -0.25) is 14.5 Å². The lowest BCUT2D eigenvalue weighted by molar-refractivity contribution is -0.130. The Morgan fingerprint density at radius 2 is 1.75 bits per heavy atom. The lowest BCUT2D eigenvalue weighted by Crippen LogP contribution is -2.48. The zero-order chi connectivity index (χ0) is 20.1. The fourth-order valence-electron chi connectivity index (χ4n) is 3.19. The molecule has 0 saturated carbocycles. The Balaban J connectivity index is 1.45. The molecular weight excluding hydrogens is 438 g/mol. The van der Waals surface area contributed by atoms with E-state index in [2.05, 4.69) is 39.9 Å². The molecule has 3 rings (SSSR count). The average molecular weight is 462 g/mol. The van der Waals surface area contributed by atoms with E-state index < -0.39 is 5.91 Å². The zero-order valence-corrected chi connectivity index (χ0v) is 18.3. The van der Waals surface area contributed by atoms with Crippen molar-refractivity contribution in [3.8, 4) is 0 Å². The zero-order valence-electron chi connectivity index (χ0n) is 15.9. The van der Waals surface area contributed by atoms with Gasteiger partial charge in [0, 0.05) is 47.7 Å². The van der Waals surface area contributed by atoms with E-state index in [-0.39, 0.29) is 5.91 Å². The molecule has 0 atom stereocenters. The molecule has 5 nitrogen and oxygen atoms in total. The molecule has 1 saturated heterocycles. The summed E-state index contributed by atoms with van der Waals surface area (Å²) in [5.41, 5.74) is 8.13. The van der Waals surface area contributed by atoms with Crippen molar-refractivity contribution >= 4 is 39.5 Å². The lowest BCUT2D eigenvalue weighted by atomic mass is 10.1. The number of carbonyl (C=O) groups is 2. The number of nitrogens with zero attached hydrogens (tertiary/aromatic N) is 2. The third-order valence-corrected chi connectivity index (χ3v) is 6.51. The molecule has 7 heteroatoms. The molecule has 0 bridgehead atoms. The predicted molar refractivity (Wildman–Crippen MR) is 116 cm³/mol. The molecule has 2 aromatic rings. The van der Waals surface area contributed by atoms with Gasteiger partial charge in [-0.2, -0.15) is 0 Å². The number of piperazine rings is 1. The number of carbonyl (C=O) groups excluding carboxylic acids is 2. The molecule has 148 valence electrons. The molecule has 28 heavy (non-hydrogen) atoms. The predicted octanol–water partition coefficient (Wildman–Crippen LogP) is 3.29. The number of primary amides is 1. The van der Waals surface area contributed by atoms with Crippen LogP contribution in [0.4, 0.5) is 0 Å². The Labute approximate surface area is 178 Å². The molecule has 0 spiro atoms. The standard InChI is InChI=1S/C21H24BrN3O2S/c1-15-12-18(22)6-7-19(15)28-14-20(26)25-10-8-24(9-11-25)13-16-2-4-17(5-3-16)21(23)27/h2-7,12H,8-11,13-14H2,1H3,(H2,23,27). The Kier molecular flexibility index (Phi) is 7.15. The quantitative estimate of drug-likeness (QED) is 0.670. The minimum atomic E-state index is -0.408. The number of nitrogens with two attached hydrogens (primary N) is 1. The first-order valence-corrected chi connectivity index (χ1v) is 11.0. The summed E-state index contributed by atoms with van der Waals surface area (Å²) < 4.78 is 1.06. The van der Waals surface area contributed by atoms with Crippen molar-refractivity contribution in [2.75, 3.05) is 31.9 Å². The highest BCUT2D eigenvalue weighted by Gasteiger charge is 2.21. The fraction of sp³-hybridized carbons (Fsp3) is 0.333. The Morgan fingerprint density at radius 1 is 1.07 bits per heavy atom. The molecule has 2 amide bonds. The van der Waals surface area contributed by atoms with Crippen LogP contribution in [-0.4, -0.2) is 53.5 Å². The van der Waals surface area contributed by atoms with Crippen LogP contribution in [0.2, 0.25) is 0 Å². The van der Waals surface area contributed by atoms with E-state index in [4.69, 9.17) is 5.73 Å². The lowest BCUT2D eigenvalue weighted by Gasteiger charge is -2.34. The van der Waals surface area contributed by atoms with Gasteiger partial charge < -0.3 is 10.6 Å². The van der Waals surface area contributed by atoms with Crippen molar-refractivity contribution in [3.05, 3.63) is 63.6 Å². The van der Waals surface area contributed by atoms with E-state index in [1.165, 1.54) is 5.56 Å². The summed E-state index contributed by atoms with van der Waals surface area (Å²) >= 11 is 5.07. The molecule has 1 heterocycles. The van der Waals surface area contributed by atoms with Crippen LogP contribution in [0.5, 0.6) is 0 Å². The van der Waals surface area contributed by atoms with Gasteiger partial charge in [0.25, 0.3) is 0 Å². The fourth-order valence-corrected chi connectivity index (χ4v) is 4.58. The van der Waals surface area contributed by atoms with E-state index in [1.807, 2.05) is 23.1 Å². The maximum Gasteiger partial charge on any atom is 0.248 e. The molecule has 1 aliphatic rings. The van der Waals surface area contributed by atoms with Crippen LogP contribution < -0.4 is 5.73 Å². The second-order valence-electron chi connectivity index (χ2n) is 6.92. The van der Waals surface area contributed by atoms with Gasteiger partial charge in [-0.15, -0.1) is 11.8 Å². The molecule has 0 unspecified atom stereocenters. The molecule has 1 aliphatic heterocycles. The molecule has 2 aromatic carbocycles. The van der Waals surface area contributed by atoms with E-state index in [9.17, 15) is 9.59 Å². The van der Waals surface area contributed by atoms with E-state index >= 15 is 0 Å². The molecule has 1 fully saturated rings. The Hall–Kier alpha value is -1.83. The second-order valence-corrected chi connectivity index (χ2v) is 8.85. The average Bonchev–Trinajstić information content (AvgIpc) is 2.68. The van der Waals surface area contributed by atoms with Crippen molar-refractivity contribution < 1.29 is 9.59 Å². The topological polar surface area (TPSA) is 66.6 Å². The number of thioether (sulfide) groups is 1. The first-order valence-electron chi connectivity index (χ1n) is 9.20. The first-order chi connectivity index (χ1) is 13.4. The monoisotopic (exact) mass is 461 g/mol. The minimum Gasteiger partial charge on any atom is -0.366 e. The number of hydrogen-bond donors (Lipinski definition) is 1. The number of rotatable bonds is 6. The minimum absolute atomic E-state index is 0.192. The summed E-state index contributed by atoms with van der Waals surface area (Å²) in [7, 11) is 0. The number of benzene rings is 2. The maximum absolute atomic E-state index is 12.5. The molecule has 0 aromatic heterocycles. The summed E-state index contributed by atoms with van der Waals surface area (Å²) in [6.07, 6.45) is 0. The van der Waals surface area contributed by atoms with Crippen molar-refractivity contribution in [3.63, 3.8) is 0 Å². The van der Waals surface area contributed by atoms with Crippen molar-refractivity contribution in [1.29, 1.82) is 0 Å². The number of hydrogen-bond acceptors (Lipinski definition) is 4. The summed E-state index contributed by atoms with van der Waals surface area (Å²) in [4.78, 5) is 29.1. The highest BCUT2D eigenvalue weighted by Crippen LogP contribution is 2.25. The first kappa shape index (κ1) is 20.9. The number of amides is 2. The summed E-state index contributed by atoms with van der Waals surface area (Å²) in [5, 5.41) is 0. The SMILES string of the molecule is Cc1cc(Br)ccc1SCC(=O)N1CCN(Cc2ccc(C(N)=O)cc2)CC1. The van der Waals surface area contributed by atoms with Crippen LogP contribution in [0, 0.1) is 6.92 Å². The van der Waals surface area contributed by atoms with Gasteiger partial charge in [-0.05, 0) is 48.4 Å². The molecular formula is C21H24BrN3O2S.